The van der Waals surface area contributed by atoms with E-state index in [1.807, 2.05) is 6.92 Å². The molecule has 0 aliphatic rings. The van der Waals surface area contributed by atoms with Crippen molar-refractivity contribution in [1.82, 2.24) is 0 Å². The molecule has 0 rings (SSSR count). The van der Waals surface area contributed by atoms with Crippen LogP contribution in [0.4, 0.5) is 0 Å². The molecule has 0 spiro atoms. The van der Waals surface area contributed by atoms with Crippen molar-refractivity contribution in [2.75, 3.05) is 26.1 Å². The van der Waals surface area contributed by atoms with E-state index in [4.69, 9.17) is 18.7 Å². The van der Waals surface area contributed by atoms with Gasteiger partial charge in [0.1, 0.15) is 12.9 Å². The van der Waals surface area contributed by atoms with Gasteiger partial charge in [0, 0.05) is 18.4 Å². The van der Waals surface area contributed by atoms with Gasteiger partial charge in [0.15, 0.2) is 0 Å². The summed E-state index contributed by atoms with van der Waals surface area (Å²) in [7, 11) is -0.934. The Balaban J connectivity index is 3.45. The molecule has 2 N–H and O–H groups in total. The number of rotatable bonds is 6. The fraction of sp³-hybridized carbons (Fsp3) is 1.00. The highest BCUT2D eigenvalue weighted by Gasteiger charge is 2.32. The summed E-state index contributed by atoms with van der Waals surface area (Å²) < 4.78 is 10.0. The van der Waals surface area contributed by atoms with Gasteiger partial charge < -0.3 is 14.5 Å². The molecule has 0 amide bonds. The summed E-state index contributed by atoms with van der Waals surface area (Å²) >= 11 is 4.45. The molecule has 4 nitrogen and oxygen atoms in total. The minimum Gasteiger partial charge on any atom is -0.379 e. The molecule has 0 heterocycles. The maximum Gasteiger partial charge on any atom is 0.427 e. The standard InChI is InChI=1S/C5H13O4PS2/c1-3-8-4-5-9-12(2)10(6,7)11/h3-5H2,1-2H3,(H-,6,7,11)/p+1. The molecule has 1 unspecified atom stereocenters. The fourth-order valence-corrected chi connectivity index (χ4v) is 1.90. The van der Waals surface area contributed by atoms with Gasteiger partial charge in [-0.2, -0.15) is 4.18 Å². The predicted molar refractivity (Wildman–Crippen MR) is 54.5 cm³/mol. The molecule has 1 atom stereocenters. The summed E-state index contributed by atoms with van der Waals surface area (Å²) in [6.07, 6.45) is 1.58. The van der Waals surface area contributed by atoms with Gasteiger partial charge in [0.25, 0.3) is 0 Å². The van der Waals surface area contributed by atoms with Gasteiger partial charge in [-0.05, 0) is 6.92 Å². The molecular weight excluding hydrogens is 219 g/mol. The molecule has 0 saturated carbocycles. The van der Waals surface area contributed by atoms with Crippen molar-refractivity contribution >= 4 is 28.3 Å². The lowest BCUT2D eigenvalue weighted by Crippen LogP contribution is -2.10. The van der Waals surface area contributed by atoms with Crippen LogP contribution in [0.15, 0.2) is 0 Å². The Morgan fingerprint density at radius 2 is 2.00 bits per heavy atom. The van der Waals surface area contributed by atoms with Crippen molar-refractivity contribution in [3.63, 3.8) is 0 Å². The molecule has 0 bridgehead atoms. The second-order valence-electron chi connectivity index (χ2n) is 1.93. The Kier molecular flexibility index (Phi) is 6.76. The average molecular weight is 233 g/mol. The Morgan fingerprint density at radius 1 is 1.42 bits per heavy atom. The van der Waals surface area contributed by atoms with Crippen LogP contribution in [0.5, 0.6) is 0 Å². The smallest absolute Gasteiger partial charge is 0.379 e. The van der Waals surface area contributed by atoms with E-state index in [1.54, 1.807) is 6.26 Å². The zero-order valence-electron chi connectivity index (χ0n) is 7.10. The van der Waals surface area contributed by atoms with Crippen molar-refractivity contribution in [2.45, 2.75) is 6.92 Å². The summed E-state index contributed by atoms with van der Waals surface area (Å²) in [5.74, 6) is 0. The van der Waals surface area contributed by atoms with Gasteiger partial charge in [0.05, 0.1) is 6.61 Å². The molecule has 0 aliphatic heterocycles. The van der Waals surface area contributed by atoms with Crippen LogP contribution >= 0.6 is 5.69 Å². The van der Waals surface area contributed by atoms with E-state index >= 15 is 0 Å². The predicted octanol–water partition coefficient (Wildman–Crippen LogP) is 0.412. The lowest BCUT2D eigenvalue weighted by molar-refractivity contribution is 0.117. The maximum absolute atomic E-state index is 8.97. The van der Waals surface area contributed by atoms with E-state index in [-0.39, 0.29) is 0 Å². The summed E-state index contributed by atoms with van der Waals surface area (Å²) in [4.78, 5) is 17.9. The summed E-state index contributed by atoms with van der Waals surface area (Å²) in [5, 5.41) is 0. The Labute approximate surface area is 80.4 Å². The Hall–Kier alpha value is 0.840. The Morgan fingerprint density at radius 3 is 2.42 bits per heavy atom. The lowest BCUT2D eigenvalue weighted by atomic mass is 10.8. The molecule has 0 aromatic heterocycles. The van der Waals surface area contributed by atoms with Gasteiger partial charge in [0.2, 0.25) is 10.8 Å². The van der Waals surface area contributed by atoms with Gasteiger partial charge in [-0.1, -0.05) is 0 Å². The van der Waals surface area contributed by atoms with Crippen LogP contribution in [-0.2, 0) is 31.5 Å². The van der Waals surface area contributed by atoms with Crippen LogP contribution in [0.25, 0.3) is 0 Å². The zero-order valence-corrected chi connectivity index (χ0v) is 9.62. The first-order chi connectivity index (χ1) is 5.48. The van der Waals surface area contributed by atoms with Crippen LogP contribution < -0.4 is 0 Å². The van der Waals surface area contributed by atoms with Gasteiger partial charge in [-0.15, -0.1) is 0 Å². The molecule has 0 radical (unpaired) electrons. The molecule has 0 aromatic rings. The molecule has 0 saturated heterocycles. The van der Waals surface area contributed by atoms with Gasteiger partial charge in [-0.3, -0.25) is 0 Å². The minimum atomic E-state index is -3.22. The third kappa shape index (κ3) is 6.37. The van der Waals surface area contributed by atoms with Crippen molar-refractivity contribution in [2.24, 2.45) is 0 Å². The van der Waals surface area contributed by atoms with Crippen molar-refractivity contribution in [1.29, 1.82) is 0 Å². The highest BCUT2D eigenvalue weighted by molar-refractivity contribution is 8.62. The normalized spacial score (nSPS) is 14.7. The van der Waals surface area contributed by atoms with E-state index in [2.05, 4.69) is 11.8 Å². The highest BCUT2D eigenvalue weighted by atomic mass is 32.9. The van der Waals surface area contributed by atoms with Crippen LogP contribution in [0, 0.1) is 0 Å². The topological polar surface area (TPSA) is 58.9 Å². The number of hydrogen-bond donors (Lipinski definition) is 2. The van der Waals surface area contributed by atoms with E-state index in [0.29, 0.717) is 19.8 Å². The third-order valence-corrected chi connectivity index (χ3v) is 6.41. The molecule has 0 aromatic carbocycles. The second kappa shape index (κ2) is 6.32. The van der Waals surface area contributed by atoms with Crippen LogP contribution in [-0.4, -0.2) is 35.9 Å². The first kappa shape index (κ1) is 12.8. The van der Waals surface area contributed by atoms with Crippen molar-refractivity contribution < 1.29 is 18.7 Å². The first-order valence-electron chi connectivity index (χ1n) is 3.41. The molecule has 12 heavy (non-hydrogen) atoms. The summed E-state index contributed by atoms with van der Waals surface area (Å²) in [6, 6.07) is 0. The molecule has 0 aliphatic carbocycles. The quantitative estimate of drug-likeness (QED) is 0.395. The second-order valence-corrected chi connectivity index (χ2v) is 9.29. The molecule has 7 heteroatoms. The average Bonchev–Trinajstić information content (AvgIpc) is 1.96. The van der Waals surface area contributed by atoms with Crippen molar-refractivity contribution in [3.8, 4) is 0 Å². The van der Waals surface area contributed by atoms with Crippen LogP contribution in [0.2, 0.25) is 0 Å². The summed E-state index contributed by atoms with van der Waals surface area (Å²) in [6.45, 7) is 3.33. The molecule has 74 valence electrons. The summed E-state index contributed by atoms with van der Waals surface area (Å²) in [5.41, 5.74) is -3.22. The minimum absolute atomic E-state index is 0.354. The van der Waals surface area contributed by atoms with Gasteiger partial charge >= 0.3 is 5.69 Å². The van der Waals surface area contributed by atoms with Gasteiger partial charge in [-0.25, -0.2) is 0 Å². The number of hydrogen-bond acceptors (Lipinski definition) is 3. The molecule has 0 fully saturated rings. The Bertz CT molecular complexity index is 160. The van der Waals surface area contributed by atoms with E-state index < -0.39 is 16.5 Å². The lowest BCUT2D eigenvalue weighted by Gasteiger charge is -2.05. The van der Waals surface area contributed by atoms with E-state index in [0.717, 1.165) is 0 Å². The van der Waals surface area contributed by atoms with Crippen molar-refractivity contribution in [3.05, 3.63) is 0 Å². The zero-order chi connectivity index (χ0) is 9.61. The molecular formula is C5H14O4PS2+. The van der Waals surface area contributed by atoms with E-state index in [1.165, 1.54) is 0 Å². The highest BCUT2D eigenvalue weighted by Crippen LogP contribution is 2.44. The van der Waals surface area contributed by atoms with Crippen LogP contribution in [0.1, 0.15) is 6.92 Å². The largest absolute Gasteiger partial charge is 0.427 e. The van der Waals surface area contributed by atoms with E-state index in [9.17, 15) is 0 Å². The monoisotopic (exact) mass is 233 g/mol. The first-order valence-corrected chi connectivity index (χ1v) is 8.28. The fourth-order valence-electron chi connectivity index (χ4n) is 0.427. The number of ether oxygens (including phenoxy) is 1. The third-order valence-electron chi connectivity index (χ3n) is 1.02. The maximum atomic E-state index is 8.97. The SMILES string of the molecule is CCOCCO[S+](C)P(O)(O)=S. The van der Waals surface area contributed by atoms with Crippen LogP contribution in [0.3, 0.4) is 0 Å².